The number of carbonyl (C=O) groups is 2. The van der Waals surface area contributed by atoms with Crippen molar-refractivity contribution in [1.29, 1.82) is 0 Å². The summed E-state index contributed by atoms with van der Waals surface area (Å²) in [6.45, 7) is 0.876. The second kappa shape index (κ2) is 9.47. The molecule has 0 bridgehead atoms. The highest BCUT2D eigenvalue weighted by molar-refractivity contribution is 5.94. The van der Waals surface area contributed by atoms with Gasteiger partial charge >= 0.3 is 6.36 Å². The number of ether oxygens (including phenoxy) is 1. The summed E-state index contributed by atoms with van der Waals surface area (Å²) in [4.78, 5) is 26.5. The molecular formula is C22H21F3N2O3. The van der Waals surface area contributed by atoms with Crippen LogP contribution in [0.15, 0.2) is 60.7 Å². The summed E-state index contributed by atoms with van der Waals surface area (Å²) in [6, 6.07) is 14.6. The monoisotopic (exact) mass is 418 g/mol. The number of carbonyl (C=O) groups excluding carboxylic acids is 2. The number of anilines is 1. The Kier molecular flexibility index (Phi) is 6.76. The molecule has 1 saturated heterocycles. The van der Waals surface area contributed by atoms with Crippen molar-refractivity contribution in [2.45, 2.75) is 19.2 Å². The fourth-order valence-electron chi connectivity index (χ4n) is 3.21. The molecule has 1 N–H and O–H groups in total. The van der Waals surface area contributed by atoms with Crippen molar-refractivity contribution < 1.29 is 27.5 Å². The average Bonchev–Trinajstić information content (AvgIpc) is 2.72. The second-order valence-corrected chi connectivity index (χ2v) is 6.91. The van der Waals surface area contributed by atoms with Crippen molar-refractivity contribution in [1.82, 2.24) is 4.90 Å². The number of likely N-dealkylation sites (tertiary alicyclic amines) is 1. The summed E-state index contributed by atoms with van der Waals surface area (Å²) in [5.41, 5.74) is 1.16. The third-order valence-electron chi connectivity index (χ3n) is 4.73. The highest BCUT2D eigenvalue weighted by Crippen LogP contribution is 2.26. The molecule has 0 aliphatic carbocycles. The van der Waals surface area contributed by atoms with Crippen LogP contribution in [0, 0.1) is 5.92 Å². The fourth-order valence-corrected chi connectivity index (χ4v) is 3.21. The van der Waals surface area contributed by atoms with E-state index in [0.717, 1.165) is 17.7 Å². The van der Waals surface area contributed by atoms with E-state index in [0.29, 0.717) is 25.9 Å². The van der Waals surface area contributed by atoms with E-state index in [1.807, 2.05) is 30.3 Å². The summed E-state index contributed by atoms with van der Waals surface area (Å²) in [5.74, 6) is -1.12. The van der Waals surface area contributed by atoms with Crippen LogP contribution in [0.2, 0.25) is 0 Å². The van der Waals surface area contributed by atoms with Crippen molar-refractivity contribution in [2.75, 3.05) is 18.4 Å². The van der Waals surface area contributed by atoms with Crippen LogP contribution in [0.5, 0.6) is 5.75 Å². The first-order valence-corrected chi connectivity index (χ1v) is 9.49. The third kappa shape index (κ3) is 6.37. The lowest BCUT2D eigenvalue weighted by Crippen LogP contribution is -2.40. The SMILES string of the molecule is O=C(Nc1cccc(OC(F)(F)F)c1)C1CCN(C(=O)C=Cc2ccccc2)CC1. The van der Waals surface area contributed by atoms with Crippen LogP contribution in [0.4, 0.5) is 18.9 Å². The lowest BCUT2D eigenvalue weighted by molar-refractivity contribution is -0.274. The quantitative estimate of drug-likeness (QED) is 0.729. The van der Waals surface area contributed by atoms with Crippen molar-refractivity contribution in [3.8, 4) is 5.75 Å². The molecular weight excluding hydrogens is 397 g/mol. The maximum absolute atomic E-state index is 12.5. The van der Waals surface area contributed by atoms with Gasteiger partial charge < -0.3 is 15.0 Å². The first kappa shape index (κ1) is 21.4. The van der Waals surface area contributed by atoms with Crippen LogP contribution >= 0.6 is 0 Å². The van der Waals surface area contributed by atoms with Crippen LogP contribution in [0.25, 0.3) is 6.08 Å². The zero-order chi connectivity index (χ0) is 21.6. The lowest BCUT2D eigenvalue weighted by atomic mass is 9.95. The number of halogens is 3. The van der Waals surface area contributed by atoms with E-state index in [2.05, 4.69) is 10.1 Å². The number of alkyl halides is 3. The Morgan fingerprint density at radius 2 is 1.73 bits per heavy atom. The molecule has 2 aromatic carbocycles. The number of hydrogen-bond acceptors (Lipinski definition) is 3. The molecule has 2 aromatic rings. The lowest BCUT2D eigenvalue weighted by Gasteiger charge is -2.30. The van der Waals surface area contributed by atoms with Gasteiger partial charge in [-0.2, -0.15) is 0 Å². The normalized spacial score (nSPS) is 15.2. The zero-order valence-corrected chi connectivity index (χ0v) is 16.1. The number of benzene rings is 2. The van der Waals surface area contributed by atoms with Gasteiger partial charge in [0.25, 0.3) is 0 Å². The van der Waals surface area contributed by atoms with Gasteiger partial charge in [-0.3, -0.25) is 9.59 Å². The van der Waals surface area contributed by atoms with Crippen molar-refractivity contribution >= 4 is 23.6 Å². The molecule has 5 nitrogen and oxygen atoms in total. The summed E-state index contributed by atoms with van der Waals surface area (Å²) in [7, 11) is 0. The van der Waals surface area contributed by atoms with Crippen molar-refractivity contribution in [3.05, 3.63) is 66.2 Å². The largest absolute Gasteiger partial charge is 0.573 e. The van der Waals surface area contributed by atoms with E-state index in [1.54, 1.807) is 11.0 Å². The minimum Gasteiger partial charge on any atom is -0.406 e. The van der Waals surface area contributed by atoms with Gasteiger partial charge in [-0.15, -0.1) is 13.2 Å². The fraction of sp³-hybridized carbons (Fsp3) is 0.273. The highest BCUT2D eigenvalue weighted by atomic mass is 19.4. The number of hydrogen-bond donors (Lipinski definition) is 1. The third-order valence-corrected chi connectivity index (χ3v) is 4.73. The Hall–Kier alpha value is -3.29. The van der Waals surface area contributed by atoms with Gasteiger partial charge in [-0.05, 0) is 36.6 Å². The number of piperidine rings is 1. The molecule has 1 fully saturated rings. The molecule has 0 unspecified atom stereocenters. The van der Waals surface area contributed by atoms with Crippen LogP contribution < -0.4 is 10.1 Å². The minimum absolute atomic E-state index is 0.116. The molecule has 1 aliphatic heterocycles. The van der Waals surface area contributed by atoms with Gasteiger partial charge in [0.05, 0.1) is 0 Å². The topological polar surface area (TPSA) is 58.6 Å². The van der Waals surface area contributed by atoms with E-state index in [4.69, 9.17) is 0 Å². The first-order chi connectivity index (χ1) is 14.3. The number of nitrogens with zero attached hydrogens (tertiary/aromatic N) is 1. The van der Waals surface area contributed by atoms with E-state index in [9.17, 15) is 22.8 Å². The smallest absolute Gasteiger partial charge is 0.406 e. The zero-order valence-electron chi connectivity index (χ0n) is 16.1. The Balaban J connectivity index is 1.50. The van der Waals surface area contributed by atoms with E-state index >= 15 is 0 Å². The summed E-state index contributed by atoms with van der Waals surface area (Å²) in [6.07, 6.45) is -0.568. The van der Waals surface area contributed by atoms with Gasteiger partial charge in [0.1, 0.15) is 5.75 Å². The summed E-state index contributed by atoms with van der Waals surface area (Å²) in [5, 5.41) is 2.62. The van der Waals surface area contributed by atoms with Crippen molar-refractivity contribution in [2.24, 2.45) is 5.92 Å². The summed E-state index contributed by atoms with van der Waals surface area (Å²) >= 11 is 0. The molecule has 1 heterocycles. The van der Waals surface area contributed by atoms with Gasteiger partial charge in [0.15, 0.2) is 0 Å². The Morgan fingerprint density at radius 3 is 2.40 bits per heavy atom. The summed E-state index contributed by atoms with van der Waals surface area (Å²) < 4.78 is 40.9. The molecule has 0 saturated carbocycles. The maximum Gasteiger partial charge on any atom is 0.573 e. The first-order valence-electron chi connectivity index (χ1n) is 9.49. The van der Waals surface area contributed by atoms with Crippen LogP contribution in [0.1, 0.15) is 18.4 Å². The Bertz CT molecular complexity index is 905. The van der Waals surface area contributed by atoms with E-state index in [-0.39, 0.29) is 23.4 Å². The number of nitrogens with one attached hydrogen (secondary N) is 1. The minimum atomic E-state index is -4.79. The molecule has 1 aliphatic rings. The van der Waals surface area contributed by atoms with Crippen LogP contribution in [-0.4, -0.2) is 36.2 Å². The molecule has 0 aromatic heterocycles. The van der Waals surface area contributed by atoms with Gasteiger partial charge in [0.2, 0.25) is 11.8 Å². The second-order valence-electron chi connectivity index (χ2n) is 6.91. The predicted octanol–water partition coefficient (Wildman–Crippen LogP) is 4.48. The molecule has 0 spiro atoms. The Labute approximate surface area is 172 Å². The number of amides is 2. The van der Waals surface area contributed by atoms with Crippen LogP contribution in [0.3, 0.4) is 0 Å². The maximum atomic E-state index is 12.5. The van der Waals surface area contributed by atoms with Gasteiger partial charge in [0, 0.05) is 36.8 Å². The molecule has 8 heteroatoms. The van der Waals surface area contributed by atoms with E-state index in [1.165, 1.54) is 18.2 Å². The van der Waals surface area contributed by atoms with Gasteiger partial charge in [-0.1, -0.05) is 36.4 Å². The predicted molar refractivity (Wildman–Crippen MR) is 107 cm³/mol. The van der Waals surface area contributed by atoms with Crippen LogP contribution in [-0.2, 0) is 9.59 Å². The standard InChI is InChI=1S/C22H21F3N2O3/c23-22(24,25)30-19-8-4-7-18(15-19)26-21(29)17-11-13-27(14-12-17)20(28)10-9-16-5-2-1-3-6-16/h1-10,15,17H,11-14H2,(H,26,29). The van der Waals surface area contributed by atoms with Gasteiger partial charge in [-0.25, -0.2) is 0 Å². The average molecular weight is 418 g/mol. The highest BCUT2D eigenvalue weighted by Gasteiger charge is 2.31. The number of rotatable bonds is 5. The molecule has 0 atom stereocenters. The molecule has 2 amide bonds. The molecule has 158 valence electrons. The Morgan fingerprint density at radius 1 is 1.03 bits per heavy atom. The molecule has 3 rings (SSSR count). The molecule has 0 radical (unpaired) electrons. The van der Waals surface area contributed by atoms with Crippen molar-refractivity contribution in [3.63, 3.8) is 0 Å². The van der Waals surface area contributed by atoms with E-state index < -0.39 is 12.1 Å². The molecule has 30 heavy (non-hydrogen) atoms.